The highest BCUT2D eigenvalue weighted by atomic mass is 32.2. The first kappa shape index (κ1) is 21.7. The molecule has 0 radical (unpaired) electrons. The summed E-state index contributed by atoms with van der Waals surface area (Å²) in [5, 5.41) is 5.19. The minimum atomic E-state index is -4.73. The van der Waals surface area contributed by atoms with Crippen LogP contribution in [-0.2, 0) is 22.7 Å². The summed E-state index contributed by atoms with van der Waals surface area (Å²) in [5.74, 6) is -1.73. The Balaban J connectivity index is 1.51. The fourth-order valence-electron chi connectivity index (χ4n) is 3.08. The van der Waals surface area contributed by atoms with Crippen LogP contribution in [0.25, 0.3) is 22.9 Å². The third kappa shape index (κ3) is 4.87. The van der Waals surface area contributed by atoms with Crippen molar-refractivity contribution in [3.63, 3.8) is 0 Å². The van der Waals surface area contributed by atoms with Crippen molar-refractivity contribution < 1.29 is 26.1 Å². The fourth-order valence-corrected chi connectivity index (χ4v) is 4.14. The number of alkyl halides is 3. The van der Waals surface area contributed by atoms with Gasteiger partial charge in [0.25, 0.3) is 0 Å². The van der Waals surface area contributed by atoms with E-state index in [1.807, 2.05) is 42.5 Å². The van der Waals surface area contributed by atoms with E-state index in [1.165, 1.54) is 30.4 Å². The smallest absolute Gasteiger partial charge is 0.329 e. The maximum atomic E-state index is 12.8. The molecule has 0 unspecified atom stereocenters. The Morgan fingerprint density at radius 3 is 2.50 bits per heavy atom. The van der Waals surface area contributed by atoms with Gasteiger partial charge in [0.2, 0.25) is 10.0 Å². The molecule has 0 fully saturated rings. The number of nitrogens with one attached hydrogen (secondary N) is 1. The van der Waals surface area contributed by atoms with Gasteiger partial charge in [0, 0.05) is 6.54 Å². The zero-order chi connectivity index (χ0) is 22.8. The molecular formula is C22H16F3N3O3S. The van der Waals surface area contributed by atoms with Crippen molar-refractivity contribution in [1.82, 2.24) is 14.9 Å². The van der Waals surface area contributed by atoms with Crippen LogP contribution in [0.5, 0.6) is 0 Å². The first-order valence-corrected chi connectivity index (χ1v) is 10.9. The van der Waals surface area contributed by atoms with Gasteiger partial charge in [-0.1, -0.05) is 65.8 Å². The van der Waals surface area contributed by atoms with Crippen LogP contribution in [0.4, 0.5) is 13.2 Å². The maximum Gasteiger partial charge on any atom is 0.471 e. The summed E-state index contributed by atoms with van der Waals surface area (Å²) in [6.07, 6.45) is -2.13. The number of nitrogens with zero attached hydrogens (tertiary/aromatic N) is 2. The molecule has 1 N–H and O–H groups in total. The molecule has 6 nitrogen and oxygen atoms in total. The maximum absolute atomic E-state index is 12.8. The summed E-state index contributed by atoms with van der Waals surface area (Å²) in [4.78, 5) is 3.25. The van der Waals surface area contributed by atoms with Crippen molar-refractivity contribution in [1.29, 1.82) is 0 Å². The molecule has 0 aliphatic rings. The highest BCUT2D eigenvalue weighted by Gasteiger charge is 2.38. The minimum absolute atomic E-state index is 0.0176. The number of halogens is 3. The highest BCUT2D eigenvalue weighted by molar-refractivity contribution is 7.89. The molecule has 10 heteroatoms. The van der Waals surface area contributed by atoms with Gasteiger partial charge in [0.15, 0.2) is 5.82 Å². The first-order chi connectivity index (χ1) is 15.2. The second kappa shape index (κ2) is 8.56. The standard InChI is InChI=1S/C22H16F3N3O3S/c23-22(24,25)21-27-20(28-31-21)12-11-15-5-3-9-18(13-15)32(29,30)26-14-17-8-4-7-16-6-1-2-10-19(16)17/h1-13,26H,14H2/b12-11+. The monoisotopic (exact) mass is 459 g/mol. The van der Waals surface area contributed by atoms with E-state index in [-0.39, 0.29) is 17.3 Å². The van der Waals surface area contributed by atoms with Crippen LogP contribution in [0.15, 0.2) is 76.1 Å². The van der Waals surface area contributed by atoms with E-state index in [4.69, 9.17) is 0 Å². The van der Waals surface area contributed by atoms with Crippen molar-refractivity contribution >= 4 is 32.9 Å². The third-order valence-corrected chi connectivity index (χ3v) is 6.01. The summed E-state index contributed by atoms with van der Waals surface area (Å²) >= 11 is 0. The SMILES string of the molecule is O=S(=O)(NCc1cccc2ccccc12)c1cccc(/C=C/c2noc(C(F)(F)F)n2)c1. The summed E-state index contributed by atoms with van der Waals surface area (Å²) < 4.78 is 69.9. The summed E-state index contributed by atoms with van der Waals surface area (Å²) in [7, 11) is -3.83. The molecule has 0 bridgehead atoms. The lowest BCUT2D eigenvalue weighted by Crippen LogP contribution is -2.23. The number of benzene rings is 3. The molecule has 1 heterocycles. The summed E-state index contributed by atoms with van der Waals surface area (Å²) in [6.45, 7) is 0.104. The minimum Gasteiger partial charge on any atom is -0.329 e. The van der Waals surface area contributed by atoms with Gasteiger partial charge in [-0.15, -0.1) is 0 Å². The van der Waals surface area contributed by atoms with Crippen molar-refractivity contribution in [2.75, 3.05) is 0 Å². The van der Waals surface area contributed by atoms with Crippen molar-refractivity contribution in [2.45, 2.75) is 17.6 Å². The largest absolute Gasteiger partial charge is 0.471 e. The highest BCUT2D eigenvalue weighted by Crippen LogP contribution is 2.27. The Hall–Kier alpha value is -3.50. The van der Waals surface area contributed by atoms with Gasteiger partial charge in [-0.2, -0.15) is 18.2 Å². The molecule has 0 saturated heterocycles. The van der Waals surface area contributed by atoms with Crippen LogP contribution < -0.4 is 4.72 Å². The molecule has 4 rings (SSSR count). The van der Waals surface area contributed by atoms with Crippen LogP contribution in [0, 0.1) is 0 Å². The van der Waals surface area contributed by atoms with E-state index in [0.717, 1.165) is 16.3 Å². The molecule has 0 aliphatic carbocycles. The summed E-state index contributed by atoms with van der Waals surface area (Å²) in [5.41, 5.74) is 1.27. The summed E-state index contributed by atoms with van der Waals surface area (Å²) in [6, 6.07) is 19.3. The number of hydrogen-bond donors (Lipinski definition) is 1. The van der Waals surface area contributed by atoms with E-state index in [2.05, 4.69) is 19.4 Å². The Labute approximate surface area is 181 Å². The molecule has 3 aromatic carbocycles. The van der Waals surface area contributed by atoms with Gasteiger partial charge in [0.05, 0.1) is 4.90 Å². The average molecular weight is 459 g/mol. The fraction of sp³-hybridized carbons (Fsp3) is 0.0909. The van der Waals surface area contributed by atoms with E-state index >= 15 is 0 Å². The Morgan fingerprint density at radius 2 is 1.72 bits per heavy atom. The van der Waals surface area contributed by atoms with Gasteiger partial charge in [-0.3, -0.25) is 0 Å². The van der Waals surface area contributed by atoms with Gasteiger partial charge < -0.3 is 4.52 Å². The Bertz CT molecular complexity index is 1390. The predicted molar refractivity (Wildman–Crippen MR) is 113 cm³/mol. The van der Waals surface area contributed by atoms with Crippen LogP contribution in [-0.4, -0.2) is 18.6 Å². The number of aromatic nitrogens is 2. The molecule has 4 aromatic rings. The number of rotatable bonds is 6. The van der Waals surface area contributed by atoms with Crippen LogP contribution in [0.2, 0.25) is 0 Å². The molecule has 0 atom stereocenters. The zero-order valence-corrected chi connectivity index (χ0v) is 17.2. The number of sulfonamides is 1. The first-order valence-electron chi connectivity index (χ1n) is 9.38. The Morgan fingerprint density at radius 1 is 0.969 bits per heavy atom. The molecule has 0 amide bonds. The van der Waals surface area contributed by atoms with Crippen molar-refractivity contribution in [3.8, 4) is 0 Å². The molecule has 1 aromatic heterocycles. The van der Waals surface area contributed by atoms with E-state index in [9.17, 15) is 21.6 Å². The lowest BCUT2D eigenvalue weighted by atomic mass is 10.1. The van der Waals surface area contributed by atoms with Crippen molar-refractivity contribution in [3.05, 3.63) is 89.6 Å². The molecule has 0 saturated carbocycles. The van der Waals surface area contributed by atoms with Gasteiger partial charge in [0.1, 0.15) is 0 Å². The van der Waals surface area contributed by atoms with E-state index < -0.39 is 22.1 Å². The third-order valence-electron chi connectivity index (χ3n) is 4.61. The molecule has 32 heavy (non-hydrogen) atoms. The second-order valence-corrected chi connectivity index (χ2v) is 8.59. The second-order valence-electron chi connectivity index (χ2n) is 6.82. The van der Waals surface area contributed by atoms with Crippen LogP contribution in [0.1, 0.15) is 22.8 Å². The van der Waals surface area contributed by atoms with Crippen molar-refractivity contribution in [2.24, 2.45) is 0 Å². The molecule has 0 spiro atoms. The molecule has 0 aliphatic heterocycles. The Kier molecular flexibility index (Phi) is 5.81. The number of hydrogen-bond acceptors (Lipinski definition) is 5. The predicted octanol–water partition coefficient (Wildman–Crippen LogP) is 4.89. The molecular weight excluding hydrogens is 443 g/mol. The van der Waals surface area contributed by atoms with Crippen LogP contribution in [0.3, 0.4) is 0 Å². The lowest BCUT2D eigenvalue weighted by molar-refractivity contribution is -0.159. The topological polar surface area (TPSA) is 85.1 Å². The van der Waals surface area contributed by atoms with E-state index in [0.29, 0.717) is 5.56 Å². The quantitative estimate of drug-likeness (QED) is 0.444. The number of fused-ring (bicyclic) bond motifs is 1. The zero-order valence-electron chi connectivity index (χ0n) is 16.4. The van der Waals surface area contributed by atoms with Crippen LogP contribution >= 0.6 is 0 Å². The molecule has 164 valence electrons. The lowest BCUT2D eigenvalue weighted by Gasteiger charge is -2.10. The van der Waals surface area contributed by atoms with E-state index in [1.54, 1.807) is 6.07 Å². The van der Waals surface area contributed by atoms with Gasteiger partial charge in [-0.05, 0) is 40.1 Å². The van der Waals surface area contributed by atoms with Gasteiger partial charge in [-0.25, -0.2) is 13.1 Å². The average Bonchev–Trinajstić information content (AvgIpc) is 3.26. The normalized spacial score (nSPS) is 12.6. The van der Waals surface area contributed by atoms with Gasteiger partial charge >= 0.3 is 12.1 Å².